The van der Waals surface area contributed by atoms with Crippen LogP contribution in [0, 0.1) is 0 Å². The molecule has 0 spiro atoms. The van der Waals surface area contributed by atoms with Gasteiger partial charge in [0, 0.05) is 6.20 Å². The van der Waals surface area contributed by atoms with Gasteiger partial charge in [-0.2, -0.15) is 5.10 Å². The van der Waals surface area contributed by atoms with E-state index in [-0.39, 0.29) is 10.1 Å². The molecule has 0 saturated heterocycles. The van der Waals surface area contributed by atoms with Crippen LogP contribution in [0.1, 0.15) is 41.5 Å². The van der Waals surface area contributed by atoms with Crippen LogP contribution in [0.15, 0.2) is 21.3 Å². The lowest BCUT2D eigenvalue weighted by Gasteiger charge is -2.36. The molecule has 6 nitrogen and oxygen atoms in total. The minimum absolute atomic E-state index is 0.0192. The molecule has 0 aliphatic rings. The molecule has 0 aliphatic heterocycles. The molecule has 0 fully saturated rings. The summed E-state index contributed by atoms with van der Waals surface area (Å²) in [5.41, 5.74) is 0. The summed E-state index contributed by atoms with van der Waals surface area (Å²) in [6.45, 7) is 22.8. The molecule has 0 saturated carbocycles. The highest BCUT2D eigenvalue weighted by Gasteiger charge is 2.38. The molecule has 1 aromatic rings. The van der Waals surface area contributed by atoms with Crippen molar-refractivity contribution in [2.24, 2.45) is 9.17 Å². The number of rotatable bonds is 6. The van der Waals surface area contributed by atoms with Gasteiger partial charge in [-0.3, -0.25) is 8.71 Å². The first-order valence-electron chi connectivity index (χ1n) is 9.13. The van der Waals surface area contributed by atoms with E-state index in [0.29, 0.717) is 18.2 Å². The van der Waals surface area contributed by atoms with Gasteiger partial charge in [0.25, 0.3) is 0 Å². The molecule has 9 heteroatoms. The summed E-state index contributed by atoms with van der Waals surface area (Å²) >= 11 is 0. The summed E-state index contributed by atoms with van der Waals surface area (Å²) in [4.78, 5) is 0. The second-order valence-corrected chi connectivity index (χ2v) is 21.7. The normalized spacial score (nSPS) is 16.4. The average Bonchev–Trinajstić information content (AvgIpc) is 2.84. The lowest BCUT2D eigenvalue weighted by atomic mass is 10.2. The maximum absolute atomic E-state index is 13.0. The molecule has 152 valence electrons. The molecule has 26 heavy (non-hydrogen) atoms. The third-order valence-corrected chi connectivity index (χ3v) is 17.6. The first-order chi connectivity index (χ1) is 11.4. The van der Waals surface area contributed by atoms with Crippen LogP contribution in [0.4, 0.5) is 0 Å². The largest absolute Gasteiger partial charge is 0.415 e. The van der Waals surface area contributed by atoms with E-state index in [2.05, 4.69) is 76.9 Å². The summed E-state index contributed by atoms with van der Waals surface area (Å²) in [7, 11) is -6.89. The lowest BCUT2D eigenvalue weighted by molar-refractivity contribution is 0.265. The van der Waals surface area contributed by atoms with Crippen LogP contribution in [0.2, 0.25) is 36.3 Å². The third-order valence-electron chi connectivity index (χ3n) is 5.70. The van der Waals surface area contributed by atoms with Crippen molar-refractivity contribution in [3.8, 4) is 0 Å². The maximum Gasteiger partial charge on any atom is 0.195 e. The van der Waals surface area contributed by atoms with Gasteiger partial charge in [-0.05, 0) is 42.3 Å². The molecule has 1 heterocycles. The number of hydrogen-bond acceptors (Lipinski definition) is 4. The van der Waals surface area contributed by atoms with Gasteiger partial charge in [-0.15, -0.1) is 0 Å². The minimum atomic E-state index is -2.98. The average molecular weight is 419 g/mol. The Kier molecular flexibility index (Phi) is 6.79. The highest BCUT2D eigenvalue weighted by molar-refractivity contribution is 7.92. The maximum atomic E-state index is 13.0. The molecule has 0 amide bonds. The highest BCUT2D eigenvalue weighted by Crippen LogP contribution is 2.38. The van der Waals surface area contributed by atoms with Crippen LogP contribution >= 0.6 is 0 Å². The van der Waals surface area contributed by atoms with Crippen molar-refractivity contribution in [2.45, 2.75) is 89.4 Å². The summed E-state index contributed by atoms with van der Waals surface area (Å²) in [5, 5.41) is 11.0. The third kappa shape index (κ3) is 5.75. The van der Waals surface area contributed by atoms with Crippen molar-refractivity contribution in [2.75, 3.05) is 6.61 Å². The molecule has 0 radical (unpaired) electrons. The van der Waals surface area contributed by atoms with Crippen molar-refractivity contribution in [3.05, 3.63) is 12.3 Å². The summed E-state index contributed by atoms with van der Waals surface area (Å²) < 4.78 is 25.5. The zero-order chi connectivity index (χ0) is 20.6. The van der Waals surface area contributed by atoms with Crippen LogP contribution in [0.5, 0.6) is 0 Å². The fourth-order valence-electron chi connectivity index (χ4n) is 1.76. The zero-order valence-electron chi connectivity index (χ0n) is 18.2. The van der Waals surface area contributed by atoms with E-state index in [1.807, 2.05) is 0 Å². The topological polar surface area (TPSA) is 82.5 Å². The number of nitrogens with two attached hydrogens (primary N) is 1. The number of nitrogens with zero attached hydrogens (tertiary/aromatic N) is 3. The molecule has 0 bridgehead atoms. The molecule has 1 rings (SSSR count). The molecule has 1 unspecified atom stereocenters. The Hall–Kier alpha value is -0.486. The standard InChI is InChI=1S/C17H38N4O2SSi2/c1-16(2,3)25(7,8)20-24(18,22)15-11-12-21(19-15)13-14-23-26(9,10)17(4,5)6/h11-12H,13-14H2,1-10H3,(H2,18,20,22). The summed E-state index contributed by atoms with van der Waals surface area (Å²) in [5.74, 6) is 0. The molecule has 0 aromatic carbocycles. The van der Waals surface area contributed by atoms with E-state index < -0.39 is 26.5 Å². The van der Waals surface area contributed by atoms with Gasteiger partial charge in [0.1, 0.15) is 9.92 Å². The molecule has 2 N–H and O–H groups in total. The van der Waals surface area contributed by atoms with Gasteiger partial charge < -0.3 is 4.43 Å². The Morgan fingerprint density at radius 2 is 1.69 bits per heavy atom. The Morgan fingerprint density at radius 1 is 1.15 bits per heavy atom. The van der Waals surface area contributed by atoms with Crippen molar-refractivity contribution in [3.63, 3.8) is 0 Å². The van der Waals surface area contributed by atoms with Gasteiger partial charge in [0.15, 0.2) is 21.6 Å². The van der Waals surface area contributed by atoms with E-state index in [0.717, 1.165) is 0 Å². The van der Waals surface area contributed by atoms with Crippen molar-refractivity contribution in [1.29, 1.82) is 0 Å². The van der Waals surface area contributed by atoms with Gasteiger partial charge in [0.2, 0.25) is 0 Å². The van der Waals surface area contributed by atoms with Crippen LogP contribution in [0.25, 0.3) is 0 Å². The molecular weight excluding hydrogens is 380 g/mol. The second kappa shape index (κ2) is 7.50. The number of hydrogen-bond donors (Lipinski definition) is 1. The SMILES string of the molecule is CC(C)(C)[Si](C)(C)N=S(N)(=O)c1ccn(CCO[Si](C)(C)C(C)(C)C)n1. The van der Waals surface area contributed by atoms with Crippen LogP contribution in [-0.2, 0) is 20.9 Å². The first-order valence-corrected chi connectivity index (χ1v) is 16.6. The second-order valence-electron chi connectivity index (χ2n) is 9.99. The number of aromatic nitrogens is 2. The molecule has 1 atom stereocenters. The Morgan fingerprint density at radius 3 is 2.15 bits per heavy atom. The van der Waals surface area contributed by atoms with Gasteiger partial charge in [-0.25, -0.2) is 9.35 Å². The van der Waals surface area contributed by atoms with E-state index in [4.69, 9.17) is 9.56 Å². The predicted molar refractivity (Wildman–Crippen MR) is 116 cm³/mol. The Labute approximate surface area is 162 Å². The van der Waals surface area contributed by atoms with E-state index in [9.17, 15) is 4.21 Å². The van der Waals surface area contributed by atoms with Gasteiger partial charge in [0.05, 0.1) is 13.2 Å². The van der Waals surface area contributed by atoms with Gasteiger partial charge >= 0.3 is 0 Å². The van der Waals surface area contributed by atoms with Crippen LogP contribution < -0.4 is 5.14 Å². The fourth-order valence-corrected chi connectivity index (χ4v) is 7.45. The quantitative estimate of drug-likeness (QED) is 0.685. The molecular formula is C17H38N4O2SSi2. The Balaban J connectivity index is 2.90. The van der Waals surface area contributed by atoms with Crippen molar-refractivity contribution >= 4 is 26.5 Å². The van der Waals surface area contributed by atoms with E-state index >= 15 is 0 Å². The highest BCUT2D eigenvalue weighted by atomic mass is 32.2. The zero-order valence-corrected chi connectivity index (χ0v) is 21.0. The monoisotopic (exact) mass is 418 g/mol. The van der Waals surface area contributed by atoms with Crippen LogP contribution in [0.3, 0.4) is 0 Å². The van der Waals surface area contributed by atoms with E-state index in [1.165, 1.54) is 0 Å². The van der Waals surface area contributed by atoms with Crippen molar-refractivity contribution < 1.29 is 8.63 Å². The molecule has 1 aromatic heterocycles. The fraction of sp³-hybridized carbons (Fsp3) is 0.824. The minimum Gasteiger partial charge on any atom is -0.415 e. The summed E-state index contributed by atoms with van der Waals surface area (Å²) in [6, 6.07) is 1.71. The lowest BCUT2D eigenvalue weighted by Crippen LogP contribution is -2.41. The molecule has 0 aliphatic carbocycles. The van der Waals surface area contributed by atoms with E-state index in [1.54, 1.807) is 16.9 Å². The van der Waals surface area contributed by atoms with Crippen LogP contribution in [-0.4, -0.2) is 37.1 Å². The Bertz CT molecular complexity index is 737. The smallest absolute Gasteiger partial charge is 0.195 e. The van der Waals surface area contributed by atoms with Crippen molar-refractivity contribution in [1.82, 2.24) is 9.78 Å². The first kappa shape index (κ1) is 23.6. The summed E-state index contributed by atoms with van der Waals surface area (Å²) in [6.07, 6.45) is 1.80. The van der Waals surface area contributed by atoms with Gasteiger partial charge in [-0.1, -0.05) is 41.5 Å². The predicted octanol–water partition coefficient (Wildman–Crippen LogP) is 4.61.